The molecule has 3 heterocycles. The maximum atomic E-state index is 13.4. The molecule has 16 heteroatoms. The van der Waals surface area contributed by atoms with E-state index in [1.54, 1.807) is 36.9 Å². The zero-order chi connectivity index (χ0) is 29.9. The molecule has 4 rings (SSSR count). The first kappa shape index (κ1) is 30.1. The van der Waals surface area contributed by atoms with Gasteiger partial charge in [-0.3, -0.25) is 9.59 Å². The van der Waals surface area contributed by atoms with Crippen molar-refractivity contribution in [1.82, 2.24) is 34.6 Å². The van der Waals surface area contributed by atoms with Gasteiger partial charge in [-0.05, 0) is 49.4 Å². The third-order valence-corrected chi connectivity index (χ3v) is 9.04. The second kappa shape index (κ2) is 12.3. The fraction of sp³-hybridized carbons (Fsp3) is 0.520. The maximum Gasteiger partial charge on any atom is 0.248 e. The Morgan fingerprint density at radius 1 is 1.32 bits per heavy atom. The molecule has 1 aliphatic heterocycles. The van der Waals surface area contributed by atoms with Crippen molar-refractivity contribution in [3.63, 3.8) is 0 Å². The fourth-order valence-corrected chi connectivity index (χ4v) is 6.14. The number of tetrazole rings is 1. The zero-order valence-electron chi connectivity index (χ0n) is 23.5. The van der Waals surface area contributed by atoms with Crippen LogP contribution in [0.5, 0.6) is 5.75 Å². The van der Waals surface area contributed by atoms with E-state index < -0.39 is 22.2 Å². The van der Waals surface area contributed by atoms with E-state index in [0.717, 1.165) is 0 Å². The van der Waals surface area contributed by atoms with Crippen LogP contribution in [-0.4, -0.2) is 98.8 Å². The molecule has 222 valence electrons. The lowest BCUT2D eigenvalue weighted by atomic mass is 10.0. The number of sulfonamides is 1. The minimum absolute atomic E-state index is 0.00360. The highest BCUT2D eigenvalue weighted by atomic mass is 32.2. The van der Waals surface area contributed by atoms with Crippen LogP contribution < -0.4 is 10.1 Å². The minimum Gasteiger partial charge on any atom is -0.488 e. The smallest absolute Gasteiger partial charge is 0.248 e. The second-order valence-electron chi connectivity index (χ2n) is 10.2. The summed E-state index contributed by atoms with van der Waals surface area (Å²) in [6.07, 6.45) is 0.592. The molecule has 0 radical (unpaired) electrons. The molecule has 1 aliphatic rings. The summed E-state index contributed by atoms with van der Waals surface area (Å²) in [6, 6.07) is 4.45. The zero-order valence-corrected chi connectivity index (χ0v) is 24.3. The van der Waals surface area contributed by atoms with Gasteiger partial charge in [-0.15, -0.1) is 5.10 Å². The lowest BCUT2D eigenvalue weighted by Gasteiger charge is -2.33. The number of hydrogen-bond donors (Lipinski definition) is 2. The van der Waals surface area contributed by atoms with Gasteiger partial charge in [-0.2, -0.15) is 4.31 Å². The summed E-state index contributed by atoms with van der Waals surface area (Å²) in [5.41, 5.74) is 1.19. The Morgan fingerprint density at radius 3 is 2.71 bits per heavy atom. The van der Waals surface area contributed by atoms with Crippen molar-refractivity contribution in [1.29, 1.82) is 0 Å². The lowest BCUT2D eigenvalue weighted by Crippen LogP contribution is -2.48. The maximum absolute atomic E-state index is 13.4. The molecule has 0 unspecified atom stereocenters. The first-order valence-corrected chi connectivity index (χ1v) is 14.4. The summed E-state index contributed by atoms with van der Waals surface area (Å²) >= 11 is 0. The number of fused-ring (bicyclic) bond motifs is 1. The summed E-state index contributed by atoms with van der Waals surface area (Å²) in [7, 11) is -2.51. The van der Waals surface area contributed by atoms with Crippen LogP contribution in [-0.2, 0) is 32.6 Å². The standard InChI is InChI=1S/C25H34N8O7S/c1-15-10-33(16(2)13-34)24(36)9-19-8-20(27-23(35)12-32-14-26-29-30-32)6-7-21(19)39-22(15)11-31(5)41(37,38)25-17(3)28-40-18(25)4/h6-8,14-16,22,34H,9-13H2,1-5H3,(H,27,35)/t15-,16+,22+/m0/s1. The molecular weight excluding hydrogens is 556 g/mol. The van der Waals surface area contributed by atoms with Gasteiger partial charge in [-0.1, -0.05) is 12.1 Å². The number of nitrogens with zero attached hydrogens (tertiary/aromatic N) is 7. The molecule has 2 N–H and O–H groups in total. The molecule has 41 heavy (non-hydrogen) atoms. The van der Waals surface area contributed by atoms with Gasteiger partial charge < -0.3 is 24.6 Å². The number of amides is 2. The summed E-state index contributed by atoms with van der Waals surface area (Å²) in [4.78, 5) is 27.5. The number of anilines is 1. The van der Waals surface area contributed by atoms with E-state index in [1.807, 2.05) is 6.92 Å². The quantitative estimate of drug-likeness (QED) is 0.351. The van der Waals surface area contributed by atoms with Crippen molar-refractivity contribution in [3.8, 4) is 5.75 Å². The van der Waals surface area contributed by atoms with Crippen LogP contribution in [0.25, 0.3) is 0 Å². The number of likely N-dealkylation sites (N-methyl/N-ethyl adjacent to an activating group) is 1. The van der Waals surface area contributed by atoms with E-state index in [-0.39, 0.29) is 66.7 Å². The summed E-state index contributed by atoms with van der Waals surface area (Å²) in [6.45, 7) is 6.55. The van der Waals surface area contributed by atoms with E-state index >= 15 is 0 Å². The van der Waals surface area contributed by atoms with Crippen LogP contribution in [0.1, 0.15) is 30.9 Å². The van der Waals surface area contributed by atoms with Crippen molar-refractivity contribution in [2.24, 2.45) is 5.92 Å². The topological polar surface area (TPSA) is 186 Å². The van der Waals surface area contributed by atoms with Gasteiger partial charge in [0.15, 0.2) is 5.76 Å². The minimum atomic E-state index is -3.96. The summed E-state index contributed by atoms with van der Waals surface area (Å²) in [5, 5.41) is 27.1. The third-order valence-electron chi connectivity index (χ3n) is 6.97. The van der Waals surface area contributed by atoms with Crippen molar-refractivity contribution >= 4 is 27.5 Å². The SMILES string of the molecule is Cc1noc(C)c1S(=O)(=O)N(C)C[C@H]1Oc2ccc(NC(=O)Cn3cnnn3)cc2CC(=O)N([C@H](C)CO)C[C@@H]1C. The summed E-state index contributed by atoms with van der Waals surface area (Å²) in [5.74, 6) is -0.364. The molecule has 2 amide bonds. The number of ether oxygens (including phenoxy) is 1. The van der Waals surface area contributed by atoms with E-state index in [9.17, 15) is 23.1 Å². The number of carbonyl (C=O) groups is 2. The highest BCUT2D eigenvalue weighted by molar-refractivity contribution is 7.89. The molecule has 0 saturated carbocycles. The molecule has 0 saturated heterocycles. The van der Waals surface area contributed by atoms with Crippen molar-refractivity contribution in [2.45, 2.75) is 57.7 Å². The van der Waals surface area contributed by atoms with Gasteiger partial charge in [-0.25, -0.2) is 13.1 Å². The van der Waals surface area contributed by atoms with E-state index in [0.29, 0.717) is 17.0 Å². The van der Waals surface area contributed by atoms with E-state index in [2.05, 4.69) is 26.0 Å². The van der Waals surface area contributed by atoms with Crippen LogP contribution in [0.3, 0.4) is 0 Å². The fourth-order valence-electron chi connectivity index (χ4n) is 4.68. The Labute approximate surface area is 237 Å². The van der Waals surface area contributed by atoms with Crippen LogP contribution in [0, 0.1) is 19.8 Å². The van der Waals surface area contributed by atoms with E-state index in [4.69, 9.17) is 9.26 Å². The first-order valence-electron chi connectivity index (χ1n) is 13.0. The van der Waals surface area contributed by atoms with E-state index in [1.165, 1.54) is 29.3 Å². The third kappa shape index (κ3) is 6.71. The number of aromatic nitrogens is 5. The van der Waals surface area contributed by atoms with Crippen molar-refractivity contribution < 1.29 is 32.4 Å². The van der Waals surface area contributed by atoms with Crippen LogP contribution >= 0.6 is 0 Å². The number of aliphatic hydroxyl groups is 1. The van der Waals surface area contributed by atoms with Gasteiger partial charge in [0, 0.05) is 30.8 Å². The molecule has 3 aromatic rings. The highest BCUT2D eigenvalue weighted by Crippen LogP contribution is 2.30. The number of benzene rings is 1. The van der Waals surface area contributed by atoms with Crippen LogP contribution in [0.15, 0.2) is 33.9 Å². The predicted molar refractivity (Wildman–Crippen MR) is 144 cm³/mol. The number of aryl methyl sites for hydroxylation is 2. The Bertz CT molecular complexity index is 1470. The molecule has 1 aromatic carbocycles. The second-order valence-corrected chi connectivity index (χ2v) is 12.2. The number of aliphatic hydroxyl groups excluding tert-OH is 1. The Hall–Kier alpha value is -3.89. The molecule has 0 spiro atoms. The number of carbonyl (C=O) groups excluding carboxylic acids is 2. The van der Waals surface area contributed by atoms with Gasteiger partial charge in [0.2, 0.25) is 21.8 Å². The van der Waals surface area contributed by atoms with Crippen LogP contribution in [0.2, 0.25) is 0 Å². The summed E-state index contributed by atoms with van der Waals surface area (Å²) < 4.78 is 40.8. The van der Waals surface area contributed by atoms with Gasteiger partial charge in [0.25, 0.3) is 0 Å². The molecule has 15 nitrogen and oxygen atoms in total. The molecule has 0 aliphatic carbocycles. The molecule has 0 bridgehead atoms. The molecular formula is C25H34N8O7S. The van der Waals surface area contributed by atoms with Crippen molar-refractivity contribution in [2.75, 3.05) is 32.1 Å². The first-order chi connectivity index (χ1) is 19.4. The predicted octanol–water partition coefficient (Wildman–Crippen LogP) is 0.386. The number of hydrogen-bond acceptors (Lipinski definition) is 11. The average Bonchev–Trinajstić information content (AvgIpc) is 3.56. The molecule has 0 fully saturated rings. The monoisotopic (exact) mass is 590 g/mol. The Kier molecular flexibility index (Phi) is 9.04. The highest BCUT2D eigenvalue weighted by Gasteiger charge is 2.35. The van der Waals surface area contributed by atoms with Gasteiger partial charge in [0.1, 0.15) is 35.3 Å². The number of nitrogens with one attached hydrogen (secondary N) is 1. The number of rotatable bonds is 9. The Balaban J connectivity index is 1.64. The Morgan fingerprint density at radius 2 is 2.07 bits per heavy atom. The molecule has 2 aromatic heterocycles. The lowest BCUT2D eigenvalue weighted by molar-refractivity contribution is -0.134. The normalized spacial score (nSPS) is 18.7. The molecule has 3 atom stereocenters. The van der Waals surface area contributed by atoms with Crippen molar-refractivity contribution in [3.05, 3.63) is 41.5 Å². The largest absolute Gasteiger partial charge is 0.488 e. The van der Waals surface area contributed by atoms with Gasteiger partial charge in [0.05, 0.1) is 25.6 Å². The van der Waals surface area contributed by atoms with Gasteiger partial charge >= 0.3 is 0 Å². The average molecular weight is 591 g/mol. The van der Waals surface area contributed by atoms with Crippen LogP contribution in [0.4, 0.5) is 5.69 Å².